The largest absolute Gasteiger partial charge is 0.374 e. The van der Waals surface area contributed by atoms with Crippen LogP contribution in [0.25, 0.3) is 0 Å². The zero-order valence-corrected chi connectivity index (χ0v) is 6.20. The van der Waals surface area contributed by atoms with Crippen molar-refractivity contribution in [3.63, 3.8) is 0 Å². The lowest BCUT2D eigenvalue weighted by Crippen LogP contribution is -2.41. The van der Waals surface area contributed by atoms with Crippen LogP contribution in [-0.4, -0.2) is 32.2 Å². The Morgan fingerprint density at radius 2 is 2.09 bits per heavy atom. The van der Waals surface area contributed by atoms with Gasteiger partial charge in [0.05, 0.1) is 12.0 Å². The molecule has 2 saturated heterocycles. The summed E-state index contributed by atoms with van der Waals surface area (Å²) in [6.45, 7) is 0.917. The van der Waals surface area contributed by atoms with Crippen molar-refractivity contribution in [2.24, 2.45) is 5.41 Å². The van der Waals surface area contributed by atoms with E-state index in [0.717, 1.165) is 0 Å². The minimum Gasteiger partial charge on any atom is -0.374 e. The Labute approximate surface area is 63.9 Å². The number of alkyl halides is 2. The van der Waals surface area contributed by atoms with Gasteiger partial charge in [0.25, 0.3) is 5.92 Å². The molecule has 0 aliphatic carbocycles. The Kier molecular flexibility index (Phi) is 1.44. The van der Waals surface area contributed by atoms with Gasteiger partial charge in [-0.25, -0.2) is 8.78 Å². The molecule has 0 aromatic heterocycles. The third kappa shape index (κ3) is 0.891. The first-order chi connectivity index (χ1) is 5.16. The lowest BCUT2D eigenvalue weighted by Gasteiger charge is -2.26. The Hall–Kier alpha value is -0.220. The first kappa shape index (κ1) is 7.43. The van der Waals surface area contributed by atoms with Gasteiger partial charge in [-0.3, -0.25) is 0 Å². The van der Waals surface area contributed by atoms with Crippen molar-refractivity contribution in [1.82, 2.24) is 5.32 Å². The fourth-order valence-electron chi connectivity index (χ4n) is 1.81. The zero-order valence-electron chi connectivity index (χ0n) is 6.20. The number of hydrogen-bond acceptors (Lipinski definition) is 2. The molecule has 2 heterocycles. The third-order valence-corrected chi connectivity index (χ3v) is 2.68. The van der Waals surface area contributed by atoms with Gasteiger partial charge in [0.1, 0.15) is 6.61 Å². The van der Waals surface area contributed by atoms with E-state index < -0.39 is 17.9 Å². The monoisotopic (exact) mass is 163 g/mol. The van der Waals surface area contributed by atoms with E-state index in [1.165, 1.54) is 0 Å². The van der Waals surface area contributed by atoms with Gasteiger partial charge in [0.2, 0.25) is 0 Å². The van der Waals surface area contributed by atoms with E-state index in [1.807, 2.05) is 0 Å². The quantitative estimate of drug-likeness (QED) is 0.565. The Morgan fingerprint density at radius 1 is 1.27 bits per heavy atom. The highest BCUT2D eigenvalue weighted by atomic mass is 19.3. The highest BCUT2D eigenvalue weighted by molar-refractivity contribution is 5.01. The van der Waals surface area contributed by atoms with Crippen LogP contribution in [0.1, 0.15) is 6.42 Å². The fourth-order valence-corrected chi connectivity index (χ4v) is 1.81. The molecule has 1 N–H and O–H groups in total. The van der Waals surface area contributed by atoms with E-state index >= 15 is 0 Å². The van der Waals surface area contributed by atoms with Crippen LogP contribution in [0, 0.1) is 5.41 Å². The molecule has 11 heavy (non-hydrogen) atoms. The number of halogens is 2. The van der Waals surface area contributed by atoms with Crippen LogP contribution in [0.3, 0.4) is 0 Å². The SMILES string of the molecule is FC1(F)COCC12CCNC2. The molecule has 0 radical (unpaired) electrons. The minimum atomic E-state index is -2.61. The van der Waals surface area contributed by atoms with Gasteiger partial charge >= 0.3 is 0 Å². The first-order valence-electron chi connectivity index (χ1n) is 3.83. The zero-order chi connectivity index (χ0) is 7.95. The molecule has 2 nitrogen and oxygen atoms in total. The van der Waals surface area contributed by atoms with Gasteiger partial charge in [-0.15, -0.1) is 0 Å². The van der Waals surface area contributed by atoms with Crippen molar-refractivity contribution in [3.05, 3.63) is 0 Å². The molecule has 2 fully saturated rings. The summed E-state index contributed by atoms with van der Waals surface area (Å²) >= 11 is 0. The third-order valence-electron chi connectivity index (χ3n) is 2.68. The molecule has 0 aromatic rings. The van der Waals surface area contributed by atoms with Crippen LogP contribution in [-0.2, 0) is 4.74 Å². The van der Waals surface area contributed by atoms with Crippen LogP contribution in [0.5, 0.6) is 0 Å². The average Bonchev–Trinajstić information content (AvgIpc) is 2.45. The summed E-state index contributed by atoms with van der Waals surface area (Å²) in [7, 11) is 0. The highest BCUT2D eigenvalue weighted by Gasteiger charge is 2.59. The molecule has 1 spiro atoms. The summed E-state index contributed by atoms with van der Waals surface area (Å²) in [6.07, 6.45) is 0.542. The Morgan fingerprint density at radius 3 is 2.55 bits per heavy atom. The lowest BCUT2D eigenvalue weighted by molar-refractivity contribution is -0.0777. The van der Waals surface area contributed by atoms with Crippen molar-refractivity contribution in [1.29, 1.82) is 0 Å². The molecule has 0 bridgehead atoms. The fraction of sp³-hybridized carbons (Fsp3) is 1.00. The van der Waals surface area contributed by atoms with E-state index in [0.29, 0.717) is 19.5 Å². The predicted octanol–water partition coefficient (Wildman–Crippen LogP) is 0.632. The summed E-state index contributed by atoms with van der Waals surface area (Å²) in [4.78, 5) is 0. The van der Waals surface area contributed by atoms with Crippen molar-refractivity contribution in [2.75, 3.05) is 26.3 Å². The second-order valence-electron chi connectivity index (χ2n) is 3.40. The van der Waals surface area contributed by atoms with Gasteiger partial charge in [-0.05, 0) is 13.0 Å². The highest BCUT2D eigenvalue weighted by Crippen LogP contribution is 2.46. The van der Waals surface area contributed by atoms with E-state index in [1.54, 1.807) is 0 Å². The molecular formula is C7H11F2NO. The summed E-state index contributed by atoms with van der Waals surface area (Å²) in [6, 6.07) is 0. The second kappa shape index (κ2) is 2.14. The maximum atomic E-state index is 13.1. The van der Waals surface area contributed by atoms with E-state index in [4.69, 9.17) is 4.74 Å². The maximum absolute atomic E-state index is 13.1. The van der Waals surface area contributed by atoms with Crippen LogP contribution in [0.2, 0.25) is 0 Å². The van der Waals surface area contributed by atoms with Crippen molar-refractivity contribution in [3.8, 4) is 0 Å². The number of ether oxygens (including phenoxy) is 1. The summed E-state index contributed by atoms with van der Waals surface area (Å²) in [5, 5.41) is 2.95. The minimum absolute atomic E-state index is 0.215. The predicted molar refractivity (Wildman–Crippen MR) is 35.7 cm³/mol. The van der Waals surface area contributed by atoms with Crippen molar-refractivity contribution in [2.45, 2.75) is 12.3 Å². The van der Waals surface area contributed by atoms with Crippen LogP contribution in [0.15, 0.2) is 0 Å². The average molecular weight is 163 g/mol. The molecule has 1 atom stereocenters. The van der Waals surface area contributed by atoms with Crippen LogP contribution < -0.4 is 5.32 Å². The van der Waals surface area contributed by atoms with E-state index in [-0.39, 0.29) is 6.61 Å². The number of nitrogens with one attached hydrogen (secondary N) is 1. The molecule has 4 heteroatoms. The summed E-state index contributed by atoms with van der Waals surface area (Å²) in [5.41, 5.74) is -0.882. The van der Waals surface area contributed by atoms with Crippen LogP contribution >= 0.6 is 0 Å². The molecule has 1 unspecified atom stereocenters. The van der Waals surface area contributed by atoms with E-state index in [9.17, 15) is 8.78 Å². The molecule has 2 aliphatic heterocycles. The first-order valence-corrected chi connectivity index (χ1v) is 3.83. The maximum Gasteiger partial charge on any atom is 0.279 e. The molecule has 0 saturated carbocycles. The molecule has 0 amide bonds. The Bertz CT molecular complexity index is 160. The second-order valence-corrected chi connectivity index (χ2v) is 3.40. The number of hydrogen-bond donors (Lipinski definition) is 1. The topological polar surface area (TPSA) is 21.3 Å². The normalized spacial score (nSPS) is 42.0. The van der Waals surface area contributed by atoms with Gasteiger partial charge in [-0.1, -0.05) is 0 Å². The van der Waals surface area contributed by atoms with Gasteiger partial charge in [-0.2, -0.15) is 0 Å². The van der Waals surface area contributed by atoms with E-state index in [2.05, 4.69) is 5.32 Å². The molecule has 2 aliphatic rings. The van der Waals surface area contributed by atoms with Crippen LogP contribution in [0.4, 0.5) is 8.78 Å². The molecular weight excluding hydrogens is 152 g/mol. The summed E-state index contributed by atoms with van der Waals surface area (Å²) in [5.74, 6) is -2.61. The summed E-state index contributed by atoms with van der Waals surface area (Å²) < 4.78 is 31.1. The standard InChI is InChI=1S/C7H11F2NO/c8-7(9)5-11-4-6(7)1-2-10-3-6/h10H,1-5H2. The lowest BCUT2D eigenvalue weighted by atomic mass is 9.83. The van der Waals surface area contributed by atoms with Crippen molar-refractivity contribution >= 4 is 0 Å². The van der Waals surface area contributed by atoms with Crippen molar-refractivity contribution < 1.29 is 13.5 Å². The molecule has 64 valence electrons. The molecule has 0 aromatic carbocycles. The Balaban J connectivity index is 2.22. The van der Waals surface area contributed by atoms with Gasteiger partial charge in [0.15, 0.2) is 0 Å². The van der Waals surface area contributed by atoms with Gasteiger partial charge in [0, 0.05) is 6.54 Å². The molecule has 2 rings (SSSR count). The smallest absolute Gasteiger partial charge is 0.279 e. The van der Waals surface area contributed by atoms with Gasteiger partial charge < -0.3 is 10.1 Å². The number of rotatable bonds is 0.